The van der Waals surface area contributed by atoms with Crippen LogP contribution < -0.4 is 5.73 Å². The molecular weight excluding hydrogens is 230 g/mol. The molecule has 0 radical (unpaired) electrons. The first-order valence-corrected chi connectivity index (χ1v) is 5.60. The zero-order chi connectivity index (χ0) is 13.4. The molecule has 0 heterocycles. The van der Waals surface area contributed by atoms with Gasteiger partial charge >= 0.3 is 0 Å². The lowest BCUT2D eigenvalue weighted by molar-refractivity contribution is -0.206. The fourth-order valence-electron chi connectivity index (χ4n) is 1.20. The van der Waals surface area contributed by atoms with Gasteiger partial charge in [-0.1, -0.05) is 6.92 Å². The highest BCUT2D eigenvalue weighted by atomic mass is 16.6. The van der Waals surface area contributed by atoms with Crippen molar-refractivity contribution in [3.63, 3.8) is 0 Å². The van der Waals surface area contributed by atoms with Gasteiger partial charge < -0.3 is 36.0 Å². The predicted molar refractivity (Wildman–Crippen MR) is 59.9 cm³/mol. The van der Waals surface area contributed by atoms with Gasteiger partial charge in [-0.15, -0.1) is 0 Å². The molecule has 104 valence electrons. The number of rotatable bonds is 9. The lowest BCUT2D eigenvalue weighted by Crippen LogP contribution is -2.48. The topological polar surface area (TPSA) is 136 Å². The van der Waals surface area contributed by atoms with Crippen LogP contribution >= 0.6 is 0 Å². The van der Waals surface area contributed by atoms with Crippen LogP contribution in [0.3, 0.4) is 0 Å². The van der Waals surface area contributed by atoms with Crippen molar-refractivity contribution >= 4 is 0 Å². The van der Waals surface area contributed by atoms with Crippen LogP contribution in [0, 0.1) is 5.92 Å². The van der Waals surface area contributed by atoms with E-state index >= 15 is 0 Å². The summed E-state index contributed by atoms with van der Waals surface area (Å²) >= 11 is 0. The van der Waals surface area contributed by atoms with Gasteiger partial charge in [0.15, 0.2) is 6.29 Å². The van der Waals surface area contributed by atoms with Crippen LogP contribution in [-0.4, -0.2) is 69.9 Å². The highest BCUT2D eigenvalue weighted by Crippen LogP contribution is 2.13. The van der Waals surface area contributed by atoms with Crippen LogP contribution in [0.5, 0.6) is 0 Å². The van der Waals surface area contributed by atoms with E-state index < -0.39 is 30.5 Å². The quantitative estimate of drug-likeness (QED) is 0.195. The molecule has 0 bridgehead atoms. The molecule has 5 atom stereocenters. The first-order valence-electron chi connectivity index (χ1n) is 5.60. The van der Waals surface area contributed by atoms with Crippen molar-refractivity contribution in [1.29, 1.82) is 0 Å². The summed E-state index contributed by atoms with van der Waals surface area (Å²) in [5.74, 6) is -0.615. The summed E-state index contributed by atoms with van der Waals surface area (Å²) in [7, 11) is 0. The Morgan fingerprint density at radius 1 is 1.06 bits per heavy atom. The molecule has 7 nitrogen and oxygen atoms in total. The van der Waals surface area contributed by atoms with E-state index in [9.17, 15) is 20.4 Å². The number of hydrogen-bond donors (Lipinski definition) is 6. The monoisotopic (exact) mass is 253 g/mol. The van der Waals surface area contributed by atoms with Gasteiger partial charge in [0.25, 0.3) is 0 Å². The van der Waals surface area contributed by atoms with E-state index in [1.165, 1.54) is 6.92 Å². The highest BCUT2D eigenvalue weighted by molar-refractivity contribution is 4.80. The van der Waals surface area contributed by atoms with E-state index in [1.807, 2.05) is 0 Å². The Morgan fingerprint density at radius 2 is 1.65 bits per heavy atom. The fourth-order valence-corrected chi connectivity index (χ4v) is 1.20. The average Bonchev–Trinajstić information content (AvgIpc) is 2.35. The first-order chi connectivity index (χ1) is 7.95. The molecule has 0 aliphatic rings. The molecule has 0 aliphatic carbocycles. The van der Waals surface area contributed by atoms with Crippen molar-refractivity contribution in [2.75, 3.05) is 19.8 Å². The van der Waals surface area contributed by atoms with Crippen LogP contribution in [-0.2, 0) is 4.74 Å². The number of hydrogen-bond acceptors (Lipinski definition) is 7. The molecule has 0 aliphatic heterocycles. The number of aliphatic hydroxyl groups excluding tert-OH is 5. The molecular formula is C10H23NO6. The fraction of sp³-hybridized carbons (Fsp3) is 1.00. The summed E-state index contributed by atoms with van der Waals surface area (Å²) in [6, 6.07) is 0. The standard InChI is InChI=1S/C10H23NO6/c1-6(5-12)7(13)8(14)9(15)10(16)17-4-2-3-11/h6-10,12-16H,2-5,11H2,1H3/t6?,7?,8?,9-,10?/m1/s1. The van der Waals surface area contributed by atoms with Gasteiger partial charge in [-0.25, -0.2) is 0 Å². The minimum Gasteiger partial charge on any atom is -0.396 e. The van der Waals surface area contributed by atoms with Gasteiger partial charge in [0.05, 0.1) is 12.7 Å². The van der Waals surface area contributed by atoms with Gasteiger partial charge in [-0.3, -0.25) is 0 Å². The average molecular weight is 253 g/mol. The van der Waals surface area contributed by atoms with Gasteiger partial charge in [-0.05, 0) is 13.0 Å². The first kappa shape index (κ1) is 16.7. The van der Waals surface area contributed by atoms with E-state index in [0.29, 0.717) is 13.0 Å². The van der Waals surface area contributed by atoms with Gasteiger partial charge in [0, 0.05) is 12.5 Å². The smallest absolute Gasteiger partial charge is 0.183 e. The van der Waals surface area contributed by atoms with E-state index in [-0.39, 0.29) is 13.2 Å². The molecule has 7 heteroatoms. The van der Waals surface area contributed by atoms with Crippen LogP contribution in [0.25, 0.3) is 0 Å². The Labute approximate surface area is 100 Å². The number of nitrogens with two attached hydrogens (primary N) is 1. The molecule has 0 rings (SSSR count). The maximum absolute atomic E-state index is 9.54. The molecule has 0 aromatic carbocycles. The molecule has 0 aromatic rings. The lowest BCUT2D eigenvalue weighted by atomic mass is 9.97. The van der Waals surface area contributed by atoms with Gasteiger partial charge in [0.1, 0.15) is 12.2 Å². The third kappa shape index (κ3) is 5.73. The second-order valence-corrected chi connectivity index (χ2v) is 4.04. The largest absolute Gasteiger partial charge is 0.396 e. The number of ether oxygens (including phenoxy) is 1. The number of aliphatic hydroxyl groups is 5. The molecule has 0 saturated heterocycles. The Morgan fingerprint density at radius 3 is 2.12 bits per heavy atom. The second kappa shape index (κ2) is 8.76. The van der Waals surface area contributed by atoms with Crippen LogP contribution in [0.15, 0.2) is 0 Å². The van der Waals surface area contributed by atoms with Crippen molar-refractivity contribution in [2.45, 2.75) is 37.9 Å². The molecule has 0 fully saturated rings. The summed E-state index contributed by atoms with van der Waals surface area (Å²) in [5.41, 5.74) is 5.22. The Kier molecular flexibility index (Phi) is 8.61. The van der Waals surface area contributed by atoms with Crippen molar-refractivity contribution < 1.29 is 30.3 Å². The summed E-state index contributed by atoms with van der Waals surface area (Å²) < 4.78 is 4.82. The Balaban J connectivity index is 4.13. The third-order valence-electron chi connectivity index (χ3n) is 2.50. The lowest BCUT2D eigenvalue weighted by Gasteiger charge is -2.28. The Hall–Kier alpha value is -0.280. The van der Waals surface area contributed by atoms with E-state index in [1.54, 1.807) is 0 Å². The van der Waals surface area contributed by atoms with Crippen LogP contribution in [0.4, 0.5) is 0 Å². The maximum Gasteiger partial charge on any atom is 0.183 e. The van der Waals surface area contributed by atoms with Crippen LogP contribution in [0.1, 0.15) is 13.3 Å². The molecule has 17 heavy (non-hydrogen) atoms. The molecule has 4 unspecified atom stereocenters. The minimum atomic E-state index is -1.64. The van der Waals surface area contributed by atoms with Crippen molar-refractivity contribution in [1.82, 2.24) is 0 Å². The summed E-state index contributed by atoms with van der Waals surface area (Å²) in [5, 5.41) is 46.7. The van der Waals surface area contributed by atoms with Gasteiger partial charge in [-0.2, -0.15) is 0 Å². The molecule has 0 saturated carbocycles. The van der Waals surface area contributed by atoms with Crippen molar-refractivity contribution in [2.24, 2.45) is 11.7 Å². The highest BCUT2D eigenvalue weighted by Gasteiger charge is 2.33. The zero-order valence-corrected chi connectivity index (χ0v) is 9.94. The predicted octanol–water partition coefficient (Wildman–Crippen LogP) is -2.62. The van der Waals surface area contributed by atoms with E-state index in [2.05, 4.69) is 0 Å². The van der Waals surface area contributed by atoms with Crippen LogP contribution in [0.2, 0.25) is 0 Å². The molecule has 0 spiro atoms. The molecule has 7 N–H and O–H groups in total. The Bertz CT molecular complexity index is 194. The SMILES string of the molecule is CC(CO)C(O)C(O)[C@@H](O)C(O)OCCCN. The summed E-state index contributed by atoms with van der Waals surface area (Å²) in [6.07, 6.45) is -5.67. The maximum atomic E-state index is 9.54. The second-order valence-electron chi connectivity index (χ2n) is 4.04. The molecule has 0 amide bonds. The normalized spacial score (nSPS) is 20.6. The summed E-state index contributed by atoms with van der Waals surface area (Å²) in [4.78, 5) is 0. The van der Waals surface area contributed by atoms with Crippen molar-refractivity contribution in [3.05, 3.63) is 0 Å². The molecule has 0 aromatic heterocycles. The van der Waals surface area contributed by atoms with E-state index in [4.69, 9.17) is 15.6 Å². The third-order valence-corrected chi connectivity index (χ3v) is 2.50. The van der Waals surface area contributed by atoms with Crippen molar-refractivity contribution in [3.8, 4) is 0 Å². The zero-order valence-electron chi connectivity index (χ0n) is 9.94. The van der Waals surface area contributed by atoms with E-state index in [0.717, 1.165) is 0 Å². The summed E-state index contributed by atoms with van der Waals surface area (Å²) in [6.45, 7) is 1.69. The van der Waals surface area contributed by atoms with Gasteiger partial charge in [0.2, 0.25) is 0 Å². The minimum absolute atomic E-state index is 0.146.